The lowest BCUT2D eigenvalue weighted by atomic mass is 10.0. The number of carbonyl (C=O) groups is 1. The lowest BCUT2D eigenvalue weighted by molar-refractivity contribution is -0.142. The largest absolute Gasteiger partial charge is 0.382 e. The second-order valence-corrected chi connectivity index (χ2v) is 5.73. The van der Waals surface area contributed by atoms with Crippen LogP contribution >= 0.6 is 0 Å². The summed E-state index contributed by atoms with van der Waals surface area (Å²) in [5.74, 6) is -0.324. The van der Waals surface area contributed by atoms with Gasteiger partial charge in [-0.05, 0) is 24.1 Å². The highest BCUT2D eigenvalue weighted by Crippen LogP contribution is 2.19. The van der Waals surface area contributed by atoms with Gasteiger partial charge in [0.05, 0.1) is 18.4 Å². The zero-order valence-corrected chi connectivity index (χ0v) is 12.5. The van der Waals surface area contributed by atoms with Crippen LogP contribution in [0.2, 0.25) is 0 Å². The monoisotopic (exact) mass is 306 g/mol. The molecule has 0 saturated carbocycles. The number of hydrogen-bond donors (Lipinski definition) is 0. The number of carbonyl (C=O) groups excluding carboxylic acids is 1. The zero-order chi connectivity index (χ0) is 15.5. The molecule has 2 unspecified atom stereocenters. The molecule has 3 rings (SSSR count). The van der Waals surface area contributed by atoms with E-state index in [1.807, 2.05) is 0 Å². The van der Waals surface area contributed by atoms with Gasteiger partial charge in [-0.2, -0.15) is 0 Å². The van der Waals surface area contributed by atoms with Crippen molar-refractivity contribution in [2.24, 2.45) is 5.16 Å². The van der Waals surface area contributed by atoms with Gasteiger partial charge in [-0.3, -0.25) is 4.79 Å². The summed E-state index contributed by atoms with van der Waals surface area (Å²) < 4.78 is 18.2. The van der Waals surface area contributed by atoms with Crippen LogP contribution in [0.15, 0.2) is 29.4 Å². The van der Waals surface area contributed by atoms with Gasteiger partial charge in [0.15, 0.2) is 0 Å². The summed E-state index contributed by atoms with van der Waals surface area (Å²) >= 11 is 0. The molecule has 0 bridgehead atoms. The molecule has 1 saturated heterocycles. The fourth-order valence-electron chi connectivity index (χ4n) is 2.74. The molecule has 0 N–H and O–H groups in total. The summed E-state index contributed by atoms with van der Waals surface area (Å²) in [6.45, 7) is 1.28. The summed E-state index contributed by atoms with van der Waals surface area (Å²) in [6, 6.07) is 6.39. The predicted molar refractivity (Wildman–Crippen MR) is 79.0 cm³/mol. The van der Waals surface area contributed by atoms with E-state index in [0.717, 1.165) is 17.7 Å². The van der Waals surface area contributed by atoms with Crippen molar-refractivity contribution < 1.29 is 18.8 Å². The van der Waals surface area contributed by atoms with Crippen LogP contribution in [0.3, 0.4) is 0 Å². The van der Waals surface area contributed by atoms with E-state index in [-0.39, 0.29) is 17.8 Å². The van der Waals surface area contributed by atoms with Crippen LogP contribution < -0.4 is 0 Å². The third-order valence-corrected chi connectivity index (χ3v) is 4.13. The Morgan fingerprint density at radius 3 is 2.86 bits per heavy atom. The average molecular weight is 306 g/mol. The maximum absolute atomic E-state index is 12.9. The third kappa shape index (κ3) is 3.27. The highest BCUT2D eigenvalue weighted by atomic mass is 19.1. The van der Waals surface area contributed by atoms with Gasteiger partial charge in [0, 0.05) is 26.5 Å². The lowest BCUT2D eigenvalue weighted by Gasteiger charge is -2.25. The molecule has 1 amide bonds. The topological polar surface area (TPSA) is 51.1 Å². The smallest absolute Gasteiger partial charge is 0.266 e. The first-order valence-corrected chi connectivity index (χ1v) is 7.44. The van der Waals surface area contributed by atoms with E-state index in [1.54, 1.807) is 24.1 Å². The molecule has 2 aliphatic heterocycles. The van der Waals surface area contributed by atoms with Gasteiger partial charge in [0.25, 0.3) is 5.91 Å². The second kappa shape index (κ2) is 6.44. The minimum absolute atomic E-state index is 0.0617. The first kappa shape index (κ1) is 15.0. The van der Waals surface area contributed by atoms with Crippen molar-refractivity contribution in [2.75, 3.05) is 20.3 Å². The van der Waals surface area contributed by atoms with E-state index in [9.17, 15) is 9.18 Å². The van der Waals surface area contributed by atoms with Crippen LogP contribution in [-0.4, -0.2) is 48.9 Å². The molecular weight excluding hydrogens is 287 g/mol. The summed E-state index contributed by atoms with van der Waals surface area (Å²) in [4.78, 5) is 19.4. The normalized spacial score (nSPS) is 24.0. The van der Waals surface area contributed by atoms with E-state index in [2.05, 4.69) is 5.16 Å². The van der Waals surface area contributed by atoms with Crippen molar-refractivity contribution in [1.29, 1.82) is 0 Å². The number of amides is 1. The number of hydrogen-bond acceptors (Lipinski definition) is 4. The maximum atomic E-state index is 12.9. The van der Waals surface area contributed by atoms with Crippen LogP contribution in [0, 0.1) is 5.82 Å². The van der Waals surface area contributed by atoms with Crippen molar-refractivity contribution in [1.82, 2.24) is 4.90 Å². The van der Waals surface area contributed by atoms with Crippen LogP contribution in [0.4, 0.5) is 4.39 Å². The maximum Gasteiger partial charge on any atom is 0.266 e. The molecule has 0 aliphatic carbocycles. The number of ether oxygens (including phenoxy) is 1. The average Bonchev–Trinajstić information content (AvgIpc) is 3.19. The highest BCUT2D eigenvalue weighted by molar-refractivity contribution is 5.94. The molecule has 22 heavy (non-hydrogen) atoms. The number of halogens is 1. The number of likely N-dealkylation sites (N-methyl/N-ethyl adjacent to an activating group) is 1. The van der Waals surface area contributed by atoms with Gasteiger partial charge in [0.2, 0.25) is 6.10 Å². The van der Waals surface area contributed by atoms with Crippen molar-refractivity contribution in [3.05, 3.63) is 35.6 Å². The molecule has 0 aromatic heterocycles. The Morgan fingerprint density at radius 2 is 2.18 bits per heavy atom. The van der Waals surface area contributed by atoms with Gasteiger partial charge in [0.1, 0.15) is 5.82 Å². The van der Waals surface area contributed by atoms with Crippen molar-refractivity contribution >= 4 is 11.6 Å². The van der Waals surface area contributed by atoms with Gasteiger partial charge in [-0.15, -0.1) is 0 Å². The number of rotatable bonds is 4. The zero-order valence-electron chi connectivity index (χ0n) is 12.5. The van der Waals surface area contributed by atoms with Crippen molar-refractivity contribution in [3.63, 3.8) is 0 Å². The number of benzene rings is 1. The molecule has 5 nitrogen and oxygen atoms in total. The minimum Gasteiger partial charge on any atom is -0.382 e. The van der Waals surface area contributed by atoms with E-state index < -0.39 is 6.10 Å². The molecular formula is C16H19FN2O3. The van der Waals surface area contributed by atoms with Gasteiger partial charge < -0.3 is 14.5 Å². The molecule has 1 aromatic carbocycles. The standard InChI is InChI=1S/C16H19FN2O3/c1-19(14-6-7-21-10-14)16(20)15-9-13(18-22-15)8-11-2-4-12(17)5-3-11/h2-5,14-15H,6-10H2,1H3. The molecule has 118 valence electrons. The van der Waals surface area contributed by atoms with E-state index in [0.29, 0.717) is 26.1 Å². The Balaban J connectivity index is 1.54. The van der Waals surface area contributed by atoms with E-state index in [4.69, 9.17) is 9.57 Å². The predicted octanol–water partition coefficient (Wildman–Crippen LogP) is 1.76. The summed E-state index contributed by atoms with van der Waals surface area (Å²) in [7, 11) is 1.78. The van der Waals surface area contributed by atoms with Gasteiger partial charge in [-0.25, -0.2) is 4.39 Å². The van der Waals surface area contributed by atoms with Crippen LogP contribution in [0.25, 0.3) is 0 Å². The lowest BCUT2D eigenvalue weighted by Crippen LogP contribution is -2.43. The van der Waals surface area contributed by atoms with Crippen LogP contribution in [0.5, 0.6) is 0 Å². The first-order valence-electron chi connectivity index (χ1n) is 7.44. The first-order chi connectivity index (χ1) is 10.6. The van der Waals surface area contributed by atoms with E-state index in [1.165, 1.54) is 12.1 Å². The number of oxime groups is 1. The Kier molecular flexibility index (Phi) is 4.38. The van der Waals surface area contributed by atoms with E-state index >= 15 is 0 Å². The van der Waals surface area contributed by atoms with Gasteiger partial charge >= 0.3 is 0 Å². The molecule has 0 radical (unpaired) electrons. The number of nitrogens with zero attached hydrogens (tertiary/aromatic N) is 2. The van der Waals surface area contributed by atoms with Gasteiger partial charge in [-0.1, -0.05) is 17.3 Å². The quantitative estimate of drug-likeness (QED) is 0.852. The molecule has 1 aromatic rings. The van der Waals surface area contributed by atoms with Crippen molar-refractivity contribution in [2.45, 2.75) is 31.4 Å². The highest BCUT2D eigenvalue weighted by Gasteiger charge is 2.34. The summed E-state index contributed by atoms with van der Waals surface area (Å²) in [6.07, 6.45) is 1.35. The van der Waals surface area contributed by atoms with Crippen LogP contribution in [-0.2, 0) is 20.8 Å². The molecule has 2 aliphatic rings. The molecule has 2 atom stereocenters. The SMILES string of the molecule is CN(C(=O)C1CC(Cc2ccc(F)cc2)=NO1)C1CCOC1. The summed E-state index contributed by atoms with van der Waals surface area (Å²) in [5, 5.41) is 4.01. The molecule has 0 spiro atoms. The fraction of sp³-hybridized carbons (Fsp3) is 0.500. The molecule has 2 heterocycles. The fourth-order valence-corrected chi connectivity index (χ4v) is 2.74. The Hall–Kier alpha value is -1.95. The molecule has 6 heteroatoms. The Bertz CT molecular complexity index is 567. The minimum atomic E-state index is -0.555. The summed E-state index contributed by atoms with van der Waals surface area (Å²) in [5.41, 5.74) is 1.76. The van der Waals surface area contributed by atoms with Crippen LogP contribution in [0.1, 0.15) is 18.4 Å². The second-order valence-electron chi connectivity index (χ2n) is 5.73. The van der Waals surface area contributed by atoms with Crippen molar-refractivity contribution in [3.8, 4) is 0 Å². The third-order valence-electron chi connectivity index (χ3n) is 4.13. The Morgan fingerprint density at radius 1 is 1.41 bits per heavy atom. The Labute approximate surface area is 128 Å². The molecule has 1 fully saturated rings.